The highest BCUT2D eigenvalue weighted by Crippen LogP contribution is 2.21. The zero-order chi connectivity index (χ0) is 16.1. The Balaban J connectivity index is 2.19. The van der Waals surface area contributed by atoms with Gasteiger partial charge in [-0.05, 0) is 6.42 Å². The van der Waals surface area contributed by atoms with Gasteiger partial charge in [0, 0.05) is 33.1 Å². The minimum absolute atomic E-state index is 0.0659. The fourth-order valence-electron chi connectivity index (χ4n) is 2.08. The average molecular weight is 328 g/mol. The van der Waals surface area contributed by atoms with Gasteiger partial charge in [-0.15, -0.1) is 0 Å². The standard InChI is InChI=1S/C13H18ClN5O3/c1-8(20)22-6-9(3-4-21-2)5-19-7-16-10-11(14)17-13(15)18-12(10)19/h7,9H,3-6H2,1-2H3,(H2,15,17,18)/t9-/m1/s1. The number of nitrogen functional groups attached to an aromatic ring is 1. The molecular formula is C13H18ClN5O3. The van der Waals surface area contributed by atoms with Crippen molar-refractivity contribution in [2.45, 2.75) is 19.9 Å². The molecule has 0 saturated heterocycles. The lowest BCUT2D eigenvalue weighted by Gasteiger charge is -2.17. The van der Waals surface area contributed by atoms with Crippen LogP contribution in [-0.2, 0) is 20.8 Å². The SMILES string of the molecule is COCC[C@@H](COC(C)=O)Cn1cnc2c(Cl)nc(N)nc21. The summed E-state index contributed by atoms with van der Waals surface area (Å²) in [5.41, 5.74) is 6.68. The van der Waals surface area contributed by atoms with Crippen LogP contribution in [0.15, 0.2) is 6.33 Å². The van der Waals surface area contributed by atoms with E-state index in [1.807, 2.05) is 4.57 Å². The van der Waals surface area contributed by atoms with Crippen molar-refractivity contribution in [3.05, 3.63) is 11.5 Å². The fourth-order valence-corrected chi connectivity index (χ4v) is 2.30. The summed E-state index contributed by atoms with van der Waals surface area (Å²) in [6.45, 7) is 2.80. The van der Waals surface area contributed by atoms with Crippen molar-refractivity contribution in [1.29, 1.82) is 0 Å². The number of rotatable bonds is 7. The van der Waals surface area contributed by atoms with Gasteiger partial charge in [-0.25, -0.2) is 4.98 Å². The van der Waals surface area contributed by atoms with Gasteiger partial charge in [0.25, 0.3) is 0 Å². The van der Waals surface area contributed by atoms with Gasteiger partial charge in [0.2, 0.25) is 5.95 Å². The molecule has 0 amide bonds. The normalized spacial score (nSPS) is 12.5. The molecular weight excluding hydrogens is 310 g/mol. The summed E-state index contributed by atoms with van der Waals surface area (Å²) >= 11 is 6.00. The van der Waals surface area contributed by atoms with Crippen LogP contribution in [-0.4, -0.2) is 45.8 Å². The molecule has 1 atom stereocenters. The third-order valence-electron chi connectivity index (χ3n) is 3.15. The Morgan fingerprint density at radius 1 is 1.50 bits per heavy atom. The minimum atomic E-state index is -0.312. The van der Waals surface area contributed by atoms with Gasteiger partial charge in [-0.1, -0.05) is 11.6 Å². The fraction of sp³-hybridized carbons (Fsp3) is 0.538. The summed E-state index contributed by atoms with van der Waals surface area (Å²) in [7, 11) is 1.63. The summed E-state index contributed by atoms with van der Waals surface area (Å²) in [5, 5.41) is 0.217. The van der Waals surface area contributed by atoms with Crippen LogP contribution in [0.5, 0.6) is 0 Å². The number of aromatic nitrogens is 4. The van der Waals surface area contributed by atoms with Crippen molar-refractivity contribution in [3.8, 4) is 0 Å². The monoisotopic (exact) mass is 327 g/mol. The Morgan fingerprint density at radius 2 is 2.27 bits per heavy atom. The topological polar surface area (TPSA) is 105 Å². The second-order valence-electron chi connectivity index (χ2n) is 4.89. The Hall–Kier alpha value is -1.93. The minimum Gasteiger partial charge on any atom is -0.466 e. The number of carbonyl (C=O) groups is 1. The van der Waals surface area contributed by atoms with Gasteiger partial charge in [-0.2, -0.15) is 9.97 Å². The molecule has 2 N–H and O–H groups in total. The maximum absolute atomic E-state index is 11.0. The first-order valence-corrected chi connectivity index (χ1v) is 7.15. The Kier molecular flexibility index (Phi) is 5.51. The van der Waals surface area contributed by atoms with Gasteiger partial charge in [0.05, 0.1) is 12.9 Å². The number of methoxy groups -OCH3 is 1. The van der Waals surface area contributed by atoms with Gasteiger partial charge in [0.1, 0.15) is 5.52 Å². The van der Waals surface area contributed by atoms with E-state index >= 15 is 0 Å². The van der Waals surface area contributed by atoms with Gasteiger partial charge >= 0.3 is 5.97 Å². The Bertz CT molecular complexity index is 660. The summed E-state index contributed by atoms with van der Waals surface area (Å²) < 4.78 is 12.0. The highest BCUT2D eigenvalue weighted by molar-refractivity contribution is 6.33. The van der Waals surface area contributed by atoms with Gasteiger partial charge in [0.15, 0.2) is 10.8 Å². The third-order valence-corrected chi connectivity index (χ3v) is 3.41. The summed E-state index contributed by atoms with van der Waals surface area (Å²) in [4.78, 5) is 23.2. The molecule has 0 bridgehead atoms. The molecule has 0 aliphatic rings. The molecule has 2 heterocycles. The quantitative estimate of drug-likeness (QED) is 0.603. The number of nitrogens with zero attached hydrogens (tertiary/aromatic N) is 4. The molecule has 0 radical (unpaired) electrons. The van der Waals surface area contributed by atoms with Crippen molar-refractivity contribution in [3.63, 3.8) is 0 Å². The molecule has 120 valence electrons. The number of nitrogens with two attached hydrogens (primary N) is 1. The van der Waals surface area contributed by atoms with E-state index < -0.39 is 0 Å². The first-order valence-electron chi connectivity index (χ1n) is 6.77. The molecule has 8 nitrogen and oxygen atoms in total. The number of carbonyl (C=O) groups excluding carboxylic acids is 1. The number of imidazole rings is 1. The molecule has 0 unspecified atom stereocenters. The lowest BCUT2D eigenvalue weighted by Crippen LogP contribution is -2.20. The highest BCUT2D eigenvalue weighted by Gasteiger charge is 2.16. The van der Waals surface area contributed by atoms with Crippen molar-refractivity contribution >= 4 is 34.7 Å². The number of anilines is 1. The number of fused-ring (bicyclic) bond motifs is 1. The smallest absolute Gasteiger partial charge is 0.302 e. The number of ether oxygens (including phenoxy) is 2. The zero-order valence-corrected chi connectivity index (χ0v) is 13.2. The van der Waals surface area contributed by atoms with Gasteiger partial charge in [-0.3, -0.25) is 4.79 Å². The van der Waals surface area contributed by atoms with E-state index in [2.05, 4.69) is 15.0 Å². The van der Waals surface area contributed by atoms with Crippen molar-refractivity contribution < 1.29 is 14.3 Å². The molecule has 0 spiro atoms. The lowest BCUT2D eigenvalue weighted by atomic mass is 10.1. The molecule has 9 heteroatoms. The number of hydrogen-bond donors (Lipinski definition) is 1. The van der Waals surface area contributed by atoms with E-state index in [0.717, 1.165) is 6.42 Å². The van der Waals surface area contributed by atoms with Gasteiger partial charge < -0.3 is 19.8 Å². The highest BCUT2D eigenvalue weighted by atomic mass is 35.5. The predicted molar refractivity (Wildman–Crippen MR) is 81.4 cm³/mol. The van der Waals surface area contributed by atoms with Crippen molar-refractivity contribution in [2.24, 2.45) is 5.92 Å². The van der Waals surface area contributed by atoms with Crippen LogP contribution >= 0.6 is 11.6 Å². The molecule has 0 aliphatic carbocycles. The second kappa shape index (κ2) is 7.37. The predicted octanol–water partition coefficient (Wildman–Crippen LogP) is 1.28. The molecule has 2 aromatic heterocycles. The molecule has 0 saturated carbocycles. The number of hydrogen-bond acceptors (Lipinski definition) is 7. The zero-order valence-electron chi connectivity index (χ0n) is 12.5. The molecule has 0 aliphatic heterocycles. The molecule has 2 aromatic rings. The second-order valence-corrected chi connectivity index (χ2v) is 5.25. The molecule has 0 fully saturated rings. The van der Waals surface area contributed by atoms with E-state index in [1.54, 1.807) is 13.4 Å². The maximum Gasteiger partial charge on any atom is 0.302 e. The average Bonchev–Trinajstić information content (AvgIpc) is 2.85. The first-order chi connectivity index (χ1) is 10.5. The summed E-state index contributed by atoms with van der Waals surface area (Å²) in [5.74, 6) is -0.156. The largest absolute Gasteiger partial charge is 0.466 e. The van der Waals surface area contributed by atoms with E-state index in [4.69, 9.17) is 26.8 Å². The number of esters is 1. The first kappa shape index (κ1) is 16.4. The van der Waals surface area contributed by atoms with Crippen LogP contribution in [0.3, 0.4) is 0 Å². The maximum atomic E-state index is 11.0. The van der Waals surface area contributed by atoms with E-state index in [-0.39, 0.29) is 23.0 Å². The molecule has 2 rings (SSSR count). The summed E-state index contributed by atoms with van der Waals surface area (Å²) in [6, 6.07) is 0. The van der Waals surface area contributed by atoms with Crippen LogP contribution in [0.1, 0.15) is 13.3 Å². The van der Waals surface area contributed by atoms with E-state index in [9.17, 15) is 4.79 Å². The van der Waals surface area contributed by atoms with Crippen LogP contribution in [0.2, 0.25) is 5.15 Å². The van der Waals surface area contributed by atoms with E-state index in [1.165, 1.54) is 6.92 Å². The van der Waals surface area contributed by atoms with Crippen LogP contribution in [0.4, 0.5) is 5.95 Å². The van der Waals surface area contributed by atoms with Crippen LogP contribution in [0, 0.1) is 5.92 Å². The Morgan fingerprint density at radius 3 is 2.95 bits per heavy atom. The van der Waals surface area contributed by atoms with Crippen molar-refractivity contribution in [2.75, 3.05) is 26.1 Å². The van der Waals surface area contributed by atoms with Crippen LogP contribution in [0.25, 0.3) is 11.2 Å². The van der Waals surface area contributed by atoms with Crippen LogP contribution < -0.4 is 5.73 Å². The van der Waals surface area contributed by atoms with E-state index in [0.29, 0.717) is 30.9 Å². The summed E-state index contributed by atoms with van der Waals surface area (Å²) in [6.07, 6.45) is 2.36. The third kappa shape index (κ3) is 4.05. The number of halogens is 1. The Labute approximate surface area is 132 Å². The molecule has 0 aromatic carbocycles. The van der Waals surface area contributed by atoms with Crippen molar-refractivity contribution in [1.82, 2.24) is 19.5 Å². The molecule has 22 heavy (non-hydrogen) atoms. The lowest BCUT2D eigenvalue weighted by molar-refractivity contribution is -0.142.